The van der Waals surface area contributed by atoms with Crippen molar-refractivity contribution in [1.29, 1.82) is 5.26 Å². The minimum atomic E-state index is -0.370. The minimum absolute atomic E-state index is 0.344. The smallest absolute Gasteiger partial charge is 0.337 e. The number of carbonyl (C=O) groups excluding carboxylic acids is 1. The SMILES string of the molecule is COC(=O)c1cccc(COc2ccc(C#N)cc2)c1. The van der Waals surface area contributed by atoms with E-state index in [1.165, 1.54) is 7.11 Å². The predicted molar refractivity (Wildman–Crippen MR) is 73.3 cm³/mol. The van der Waals surface area contributed by atoms with Crippen molar-refractivity contribution in [3.8, 4) is 11.8 Å². The van der Waals surface area contributed by atoms with Crippen molar-refractivity contribution in [1.82, 2.24) is 0 Å². The Bertz CT molecular complexity index is 642. The number of esters is 1. The lowest BCUT2D eigenvalue weighted by molar-refractivity contribution is 0.0600. The van der Waals surface area contributed by atoms with Gasteiger partial charge in [0.1, 0.15) is 12.4 Å². The molecule has 100 valence electrons. The van der Waals surface area contributed by atoms with E-state index in [4.69, 9.17) is 10.00 Å². The van der Waals surface area contributed by atoms with Crippen molar-refractivity contribution >= 4 is 5.97 Å². The van der Waals surface area contributed by atoms with Crippen LogP contribution in [0.5, 0.6) is 5.75 Å². The van der Waals surface area contributed by atoms with Gasteiger partial charge in [-0.3, -0.25) is 0 Å². The van der Waals surface area contributed by atoms with Gasteiger partial charge in [-0.15, -0.1) is 0 Å². The number of hydrogen-bond acceptors (Lipinski definition) is 4. The zero-order valence-electron chi connectivity index (χ0n) is 11.0. The Morgan fingerprint density at radius 2 is 1.95 bits per heavy atom. The molecule has 2 rings (SSSR count). The molecule has 2 aromatic rings. The number of ether oxygens (including phenoxy) is 2. The molecule has 2 aromatic carbocycles. The summed E-state index contributed by atoms with van der Waals surface area (Å²) in [7, 11) is 1.35. The number of benzene rings is 2. The van der Waals surface area contributed by atoms with Crippen LogP contribution in [0.25, 0.3) is 0 Å². The Morgan fingerprint density at radius 1 is 1.20 bits per heavy atom. The van der Waals surface area contributed by atoms with E-state index in [0.29, 0.717) is 23.5 Å². The van der Waals surface area contributed by atoms with E-state index in [0.717, 1.165) is 5.56 Å². The molecule has 4 nitrogen and oxygen atoms in total. The van der Waals surface area contributed by atoms with Gasteiger partial charge < -0.3 is 9.47 Å². The van der Waals surface area contributed by atoms with E-state index < -0.39 is 0 Å². The Labute approximate surface area is 117 Å². The van der Waals surface area contributed by atoms with E-state index in [2.05, 4.69) is 4.74 Å². The molecule has 20 heavy (non-hydrogen) atoms. The highest BCUT2D eigenvalue weighted by molar-refractivity contribution is 5.89. The highest BCUT2D eigenvalue weighted by Crippen LogP contribution is 2.14. The summed E-state index contributed by atoms with van der Waals surface area (Å²) in [5.41, 5.74) is 1.95. The maximum Gasteiger partial charge on any atom is 0.337 e. The summed E-state index contributed by atoms with van der Waals surface area (Å²) < 4.78 is 10.3. The van der Waals surface area contributed by atoms with Crippen LogP contribution in [0.2, 0.25) is 0 Å². The summed E-state index contributed by atoms with van der Waals surface area (Å²) in [6.45, 7) is 0.344. The van der Waals surface area contributed by atoms with Gasteiger partial charge in [0, 0.05) is 0 Å². The van der Waals surface area contributed by atoms with Crippen LogP contribution in [-0.4, -0.2) is 13.1 Å². The van der Waals surface area contributed by atoms with Gasteiger partial charge in [0.05, 0.1) is 24.3 Å². The molecule has 0 fully saturated rings. The lowest BCUT2D eigenvalue weighted by Gasteiger charge is -2.07. The molecule has 0 saturated heterocycles. The molecule has 0 heterocycles. The summed E-state index contributed by atoms with van der Waals surface area (Å²) in [6.07, 6.45) is 0. The summed E-state index contributed by atoms with van der Waals surface area (Å²) in [6, 6.07) is 16.0. The third kappa shape index (κ3) is 3.36. The van der Waals surface area contributed by atoms with Crippen LogP contribution in [0.15, 0.2) is 48.5 Å². The van der Waals surface area contributed by atoms with Crippen molar-refractivity contribution in [2.24, 2.45) is 0 Å². The summed E-state index contributed by atoms with van der Waals surface area (Å²) >= 11 is 0. The first kappa shape index (κ1) is 13.6. The summed E-state index contributed by atoms with van der Waals surface area (Å²) in [5.74, 6) is 0.303. The fourth-order valence-electron chi connectivity index (χ4n) is 1.70. The Morgan fingerprint density at radius 3 is 2.60 bits per heavy atom. The van der Waals surface area contributed by atoms with Crippen molar-refractivity contribution in [3.63, 3.8) is 0 Å². The van der Waals surface area contributed by atoms with E-state index in [-0.39, 0.29) is 5.97 Å². The van der Waals surface area contributed by atoms with Crippen LogP contribution in [-0.2, 0) is 11.3 Å². The average molecular weight is 267 g/mol. The monoisotopic (exact) mass is 267 g/mol. The first-order chi connectivity index (χ1) is 9.72. The number of methoxy groups -OCH3 is 1. The van der Waals surface area contributed by atoms with Gasteiger partial charge in [0.15, 0.2) is 0 Å². The Balaban J connectivity index is 2.03. The molecule has 0 saturated carbocycles. The zero-order chi connectivity index (χ0) is 14.4. The third-order valence-corrected chi connectivity index (χ3v) is 2.74. The molecule has 4 heteroatoms. The second-order valence-corrected chi connectivity index (χ2v) is 4.12. The number of hydrogen-bond donors (Lipinski definition) is 0. The molecule has 0 aromatic heterocycles. The zero-order valence-corrected chi connectivity index (χ0v) is 11.0. The van der Waals surface area contributed by atoms with Crippen LogP contribution in [0.4, 0.5) is 0 Å². The fraction of sp³-hybridized carbons (Fsp3) is 0.125. The number of rotatable bonds is 4. The molecule has 0 bridgehead atoms. The summed E-state index contributed by atoms with van der Waals surface area (Å²) in [5, 5.41) is 8.71. The topological polar surface area (TPSA) is 59.3 Å². The van der Waals surface area contributed by atoms with Gasteiger partial charge >= 0.3 is 5.97 Å². The lowest BCUT2D eigenvalue weighted by Crippen LogP contribution is -2.03. The van der Waals surface area contributed by atoms with Gasteiger partial charge in [-0.1, -0.05) is 12.1 Å². The first-order valence-electron chi connectivity index (χ1n) is 6.03. The number of nitrogens with zero attached hydrogens (tertiary/aromatic N) is 1. The lowest BCUT2D eigenvalue weighted by atomic mass is 10.1. The minimum Gasteiger partial charge on any atom is -0.489 e. The largest absolute Gasteiger partial charge is 0.489 e. The Kier molecular flexibility index (Phi) is 4.35. The van der Waals surface area contributed by atoms with Gasteiger partial charge in [0.2, 0.25) is 0 Å². The molecular weight excluding hydrogens is 254 g/mol. The second kappa shape index (κ2) is 6.39. The van der Waals surface area contributed by atoms with Crippen LogP contribution >= 0.6 is 0 Å². The molecule has 0 radical (unpaired) electrons. The van der Waals surface area contributed by atoms with E-state index in [9.17, 15) is 4.79 Å². The fourth-order valence-corrected chi connectivity index (χ4v) is 1.70. The quantitative estimate of drug-likeness (QED) is 0.799. The van der Waals surface area contributed by atoms with Crippen LogP contribution in [0, 0.1) is 11.3 Å². The van der Waals surface area contributed by atoms with Crippen molar-refractivity contribution in [2.45, 2.75) is 6.61 Å². The molecular formula is C16H13NO3. The van der Waals surface area contributed by atoms with E-state index >= 15 is 0 Å². The van der Waals surface area contributed by atoms with Gasteiger partial charge in [-0.2, -0.15) is 5.26 Å². The maximum atomic E-state index is 11.4. The van der Waals surface area contributed by atoms with Crippen molar-refractivity contribution in [3.05, 3.63) is 65.2 Å². The van der Waals surface area contributed by atoms with Crippen LogP contribution < -0.4 is 4.74 Å². The van der Waals surface area contributed by atoms with E-state index in [1.807, 2.05) is 12.1 Å². The average Bonchev–Trinajstić information content (AvgIpc) is 2.53. The van der Waals surface area contributed by atoms with Gasteiger partial charge in [-0.05, 0) is 42.0 Å². The van der Waals surface area contributed by atoms with Gasteiger partial charge in [-0.25, -0.2) is 4.79 Å². The predicted octanol–water partition coefficient (Wildman–Crippen LogP) is 2.92. The molecule has 0 aliphatic heterocycles. The van der Waals surface area contributed by atoms with Crippen LogP contribution in [0.3, 0.4) is 0 Å². The first-order valence-corrected chi connectivity index (χ1v) is 6.03. The highest BCUT2D eigenvalue weighted by atomic mass is 16.5. The molecule has 0 amide bonds. The normalized spacial score (nSPS) is 9.60. The molecule has 0 spiro atoms. The molecule has 0 aliphatic rings. The molecule has 0 unspecified atom stereocenters. The number of nitriles is 1. The third-order valence-electron chi connectivity index (χ3n) is 2.74. The van der Waals surface area contributed by atoms with Crippen LogP contribution in [0.1, 0.15) is 21.5 Å². The molecule has 0 aliphatic carbocycles. The number of carbonyl (C=O) groups is 1. The van der Waals surface area contributed by atoms with Gasteiger partial charge in [0.25, 0.3) is 0 Å². The summed E-state index contributed by atoms with van der Waals surface area (Å²) in [4.78, 5) is 11.4. The van der Waals surface area contributed by atoms with E-state index in [1.54, 1.807) is 42.5 Å². The Hall–Kier alpha value is -2.80. The van der Waals surface area contributed by atoms with Crippen molar-refractivity contribution in [2.75, 3.05) is 7.11 Å². The standard InChI is InChI=1S/C16H13NO3/c1-19-16(18)14-4-2-3-13(9-14)11-20-15-7-5-12(10-17)6-8-15/h2-9H,11H2,1H3. The second-order valence-electron chi connectivity index (χ2n) is 4.12. The highest BCUT2D eigenvalue weighted by Gasteiger charge is 2.05. The van der Waals surface area contributed by atoms with Crippen molar-refractivity contribution < 1.29 is 14.3 Å². The molecule has 0 N–H and O–H groups in total. The molecule has 0 atom stereocenters. The maximum absolute atomic E-state index is 11.4.